The molecule has 24 heavy (non-hydrogen) atoms. The summed E-state index contributed by atoms with van der Waals surface area (Å²) < 4.78 is 24.6. The van der Waals surface area contributed by atoms with Gasteiger partial charge in [0.15, 0.2) is 17.7 Å². The van der Waals surface area contributed by atoms with Crippen LogP contribution in [-0.4, -0.2) is 18.6 Å². The van der Waals surface area contributed by atoms with Gasteiger partial charge in [-0.05, 0) is 43.2 Å². The fourth-order valence-corrected chi connectivity index (χ4v) is 2.23. The Labute approximate surface area is 141 Å². The van der Waals surface area contributed by atoms with E-state index < -0.39 is 11.9 Å². The lowest BCUT2D eigenvalue weighted by atomic mass is 10.2. The first-order valence-electron chi connectivity index (χ1n) is 8.04. The lowest BCUT2D eigenvalue weighted by molar-refractivity contribution is -0.128. The maximum Gasteiger partial charge on any atom is 0.261 e. The number of carbonyl (C=O) groups excluding carboxylic acids is 1. The lowest BCUT2D eigenvalue weighted by Gasteiger charge is -2.17. The maximum absolute atomic E-state index is 13.6. The van der Waals surface area contributed by atoms with Crippen LogP contribution < -0.4 is 14.8 Å². The number of carbonyl (C=O) groups is 1. The fourth-order valence-electron chi connectivity index (χ4n) is 2.23. The van der Waals surface area contributed by atoms with Gasteiger partial charge in [-0.15, -0.1) is 0 Å². The zero-order valence-electron chi connectivity index (χ0n) is 13.9. The minimum absolute atomic E-state index is 0.0813. The number of benzene rings is 2. The predicted molar refractivity (Wildman–Crippen MR) is 90.6 cm³/mol. The van der Waals surface area contributed by atoms with Gasteiger partial charge < -0.3 is 14.8 Å². The van der Waals surface area contributed by atoms with Crippen molar-refractivity contribution < 1.29 is 18.7 Å². The Morgan fingerprint density at radius 3 is 2.67 bits per heavy atom. The molecule has 2 aromatic rings. The third-order valence-corrected chi connectivity index (χ3v) is 3.45. The molecule has 1 amide bonds. The first kappa shape index (κ1) is 17.8. The van der Waals surface area contributed by atoms with Gasteiger partial charge in [-0.25, -0.2) is 4.39 Å². The largest absolute Gasteiger partial charge is 0.494 e. The summed E-state index contributed by atoms with van der Waals surface area (Å²) in [5.74, 6) is 0.0903. The quantitative estimate of drug-likeness (QED) is 0.802. The van der Waals surface area contributed by atoms with Crippen LogP contribution in [0.15, 0.2) is 48.5 Å². The number of halogens is 1. The summed E-state index contributed by atoms with van der Waals surface area (Å²) in [4.78, 5) is 12.3. The zero-order valence-corrected chi connectivity index (χ0v) is 13.9. The SMILES string of the molecule is CCOc1cccc(CNC(=O)[C@H](CC)Oc2ccccc2F)c1. The molecule has 0 saturated heterocycles. The van der Waals surface area contributed by atoms with Crippen molar-refractivity contribution in [2.75, 3.05) is 6.61 Å². The van der Waals surface area contributed by atoms with Gasteiger partial charge in [0, 0.05) is 6.54 Å². The molecule has 1 N–H and O–H groups in total. The molecular formula is C19H22FNO3. The van der Waals surface area contributed by atoms with Crippen LogP contribution in [0.25, 0.3) is 0 Å². The van der Waals surface area contributed by atoms with Crippen LogP contribution in [0, 0.1) is 5.82 Å². The summed E-state index contributed by atoms with van der Waals surface area (Å²) in [7, 11) is 0. The molecule has 2 rings (SSSR count). The van der Waals surface area contributed by atoms with E-state index in [2.05, 4.69) is 5.32 Å². The van der Waals surface area contributed by atoms with Crippen LogP contribution in [0.1, 0.15) is 25.8 Å². The average molecular weight is 331 g/mol. The molecule has 5 heteroatoms. The molecule has 0 fully saturated rings. The van der Waals surface area contributed by atoms with E-state index in [9.17, 15) is 9.18 Å². The number of ether oxygens (including phenoxy) is 2. The summed E-state index contributed by atoms with van der Waals surface area (Å²) in [6.45, 7) is 4.68. The highest BCUT2D eigenvalue weighted by atomic mass is 19.1. The third-order valence-electron chi connectivity index (χ3n) is 3.45. The van der Waals surface area contributed by atoms with Crippen LogP contribution in [0.5, 0.6) is 11.5 Å². The van der Waals surface area contributed by atoms with Gasteiger partial charge in [0.1, 0.15) is 5.75 Å². The van der Waals surface area contributed by atoms with E-state index in [1.807, 2.05) is 38.1 Å². The first-order chi connectivity index (χ1) is 11.6. The molecule has 0 saturated carbocycles. The number of hydrogen-bond acceptors (Lipinski definition) is 3. The van der Waals surface area contributed by atoms with Gasteiger partial charge in [0.25, 0.3) is 5.91 Å². The minimum atomic E-state index is -0.739. The molecule has 0 aromatic heterocycles. The fraction of sp³-hybridized carbons (Fsp3) is 0.316. The number of hydrogen-bond donors (Lipinski definition) is 1. The van der Waals surface area contributed by atoms with Crippen LogP contribution in [-0.2, 0) is 11.3 Å². The van der Waals surface area contributed by atoms with E-state index >= 15 is 0 Å². The molecule has 0 spiro atoms. The Balaban J connectivity index is 1.94. The molecular weight excluding hydrogens is 309 g/mol. The Kier molecular flexibility index (Phi) is 6.61. The second kappa shape index (κ2) is 8.91. The topological polar surface area (TPSA) is 47.6 Å². The van der Waals surface area contributed by atoms with Gasteiger partial charge in [0.05, 0.1) is 6.61 Å². The highest BCUT2D eigenvalue weighted by Crippen LogP contribution is 2.18. The average Bonchev–Trinajstić information content (AvgIpc) is 2.59. The minimum Gasteiger partial charge on any atom is -0.494 e. The molecule has 0 heterocycles. The van der Waals surface area contributed by atoms with Crippen molar-refractivity contribution >= 4 is 5.91 Å². The Morgan fingerprint density at radius 2 is 1.96 bits per heavy atom. The monoisotopic (exact) mass is 331 g/mol. The van der Waals surface area contributed by atoms with Gasteiger partial charge in [0.2, 0.25) is 0 Å². The summed E-state index contributed by atoms with van der Waals surface area (Å²) in [5, 5.41) is 2.82. The van der Waals surface area contributed by atoms with Gasteiger partial charge in [-0.2, -0.15) is 0 Å². The smallest absolute Gasteiger partial charge is 0.261 e. The second-order valence-corrected chi connectivity index (χ2v) is 5.24. The molecule has 0 bridgehead atoms. The van der Waals surface area contributed by atoms with Crippen LogP contribution in [0.4, 0.5) is 4.39 Å². The van der Waals surface area contributed by atoms with E-state index in [0.29, 0.717) is 19.6 Å². The third kappa shape index (κ3) is 4.98. The van der Waals surface area contributed by atoms with Crippen LogP contribution in [0.3, 0.4) is 0 Å². The normalized spacial score (nSPS) is 11.6. The van der Waals surface area contributed by atoms with Crippen molar-refractivity contribution in [3.05, 3.63) is 59.9 Å². The van der Waals surface area contributed by atoms with Crippen molar-refractivity contribution in [1.29, 1.82) is 0 Å². The number of rotatable bonds is 8. The highest BCUT2D eigenvalue weighted by Gasteiger charge is 2.19. The van der Waals surface area contributed by atoms with Crippen molar-refractivity contribution in [2.24, 2.45) is 0 Å². The zero-order chi connectivity index (χ0) is 17.4. The number of nitrogens with one attached hydrogen (secondary N) is 1. The van der Waals surface area contributed by atoms with E-state index in [-0.39, 0.29) is 11.7 Å². The number of amides is 1. The number of para-hydroxylation sites is 1. The summed E-state index contributed by atoms with van der Waals surface area (Å²) >= 11 is 0. The molecule has 128 valence electrons. The molecule has 1 atom stereocenters. The van der Waals surface area contributed by atoms with E-state index in [1.165, 1.54) is 12.1 Å². The molecule has 2 aromatic carbocycles. The standard InChI is InChI=1S/C19H22FNO3/c1-3-17(24-18-11-6-5-10-16(18)20)19(22)21-13-14-8-7-9-15(12-14)23-4-2/h5-12,17H,3-4,13H2,1-2H3,(H,21,22)/t17-/m0/s1. The van der Waals surface area contributed by atoms with Crippen molar-refractivity contribution in [1.82, 2.24) is 5.32 Å². The Morgan fingerprint density at radius 1 is 1.17 bits per heavy atom. The molecule has 0 aliphatic rings. The molecule has 0 radical (unpaired) electrons. The van der Waals surface area contributed by atoms with E-state index in [4.69, 9.17) is 9.47 Å². The summed E-state index contributed by atoms with van der Waals surface area (Å²) in [5.41, 5.74) is 0.926. The van der Waals surface area contributed by atoms with Gasteiger partial charge in [-0.3, -0.25) is 4.79 Å². The second-order valence-electron chi connectivity index (χ2n) is 5.24. The van der Waals surface area contributed by atoms with Crippen molar-refractivity contribution in [2.45, 2.75) is 32.9 Å². The van der Waals surface area contributed by atoms with Crippen LogP contribution in [0.2, 0.25) is 0 Å². The first-order valence-corrected chi connectivity index (χ1v) is 8.04. The van der Waals surface area contributed by atoms with Crippen molar-refractivity contribution in [3.8, 4) is 11.5 Å². The van der Waals surface area contributed by atoms with Crippen molar-refractivity contribution in [3.63, 3.8) is 0 Å². The van der Waals surface area contributed by atoms with Gasteiger partial charge in [-0.1, -0.05) is 31.2 Å². The Hall–Kier alpha value is -2.56. The summed E-state index contributed by atoms with van der Waals surface area (Å²) in [6.07, 6.45) is -0.295. The maximum atomic E-state index is 13.6. The molecule has 0 unspecified atom stereocenters. The van der Waals surface area contributed by atoms with E-state index in [1.54, 1.807) is 12.1 Å². The van der Waals surface area contributed by atoms with E-state index in [0.717, 1.165) is 11.3 Å². The molecule has 0 aliphatic carbocycles. The molecule has 0 aliphatic heterocycles. The van der Waals surface area contributed by atoms with Gasteiger partial charge >= 0.3 is 0 Å². The molecule has 4 nitrogen and oxygen atoms in total. The highest BCUT2D eigenvalue weighted by molar-refractivity contribution is 5.81. The lowest BCUT2D eigenvalue weighted by Crippen LogP contribution is -2.37. The van der Waals surface area contributed by atoms with Crippen LogP contribution >= 0.6 is 0 Å². The Bertz CT molecular complexity index is 675. The summed E-state index contributed by atoms with van der Waals surface area (Å²) in [6, 6.07) is 13.6. The predicted octanol–water partition coefficient (Wildman–Crippen LogP) is 3.70.